The van der Waals surface area contributed by atoms with Gasteiger partial charge in [0.15, 0.2) is 0 Å². The van der Waals surface area contributed by atoms with E-state index in [2.05, 4.69) is 21.6 Å². The van der Waals surface area contributed by atoms with Gasteiger partial charge in [-0.15, -0.1) is 0 Å². The summed E-state index contributed by atoms with van der Waals surface area (Å²) < 4.78 is 0. The van der Waals surface area contributed by atoms with Crippen LogP contribution in [0.15, 0.2) is 0 Å². The van der Waals surface area contributed by atoms with Gasteiger partial charge in [0.1, 0.15) is 0 Å². The van der Waals surface area contributed by atoms with E-state index in [1.54, 1.807) is 0 Å². The Morgan fingerprint density at radius 2 is 1.61 bits per heavy atom. The fourth-order valence-electron chi connectivity index (χ4n) is 4.45. The molecule has 0 bridgehead atoms. The first-order chi connectivity index (χ1) is 11.2. The van der Waals surface area contributed by atoms with Gasteiger partial charge in [-0.3, -0.25) is 14.6 Å². The van der Waals surface area contributed by atoms with Crippen LogP contribution in [-0.2, 0) is 4.79 Å². The van der Waals surface area contributed by atoms with Gasteiger partial charge in [0, 0.05) is 31.7 Å². The third-order valence-electron chi connectivity index (χ3n) is 6.13. The Balaban J connectivity index is 1.49. The quantitative estimate of drug-likeness (QED) is 0.825. The van der Waals surface area contributed by atoms with Crippen molar-refractivity contribution in [1.82, 2.24) is 14.7 Å². The Kier molecular flexibility index (Phi) is 5.94. The Labute approximate surface area is 140 Å². The molecule has 3 fully saturated rings. The number of hydrogen-bond donors (Lipinski definition) is 1. The summed E-state index contributed by atoms with van der Waals surface area (Å²) >= 11 is 0. The molecule has 1 N–H and O–H groups in total. The van der Waals surface area contributed by atoms with Gasteiger partial charge in [0.25, 0.3) is 0 Å². The molecule has 3 heterocycles. The van der Waals surface area contributed by atoms with Crippen molar-refractivity contribution in [2.45, 2.75) is 57.5 Å². The number of carbonyl (C=O) groups is 1. The predicted octanol–water partition coefficient (Wildman–Crippen LogP) is 1.17. The van der Waals surface area contributed by atoms with Crippen LogP contribution < -0.4 is 0 Å². The van der Waals surface area contributed by atoms with E-state index in [-0.39, 0.29) is 6.61 Å². The molecule has 3 aliphatic rings. The van der Waals surface area contributed by atoms with Crippen molar-refractivity contribution < 1.29 is 9.90 Å². The maximum atomic E-state index is 12.6. The monoisotopic (exact) mass is 323 g/mol. The van der Waals surface area contributed by atoms with E-state index in [0.29, 0.717) is 24.5 Å². The van der Waals surface area contributed by atoms with Crippen molar-refractivity contribution >= 4 is 5.91 Å². The number of hydrogen-bond acceptors (Lipinski definition) is 4. The zero-order valence-electron chi connectivity index (χ0n) is 14.6. The zero-order chi connectivity index (χ0) is 16.2. The van der Waals surface area contributed by atoms with Gasteiger partial charge in [-0.25, -0.2) is 0 Å². The maximum absolute atomic E-state index is 12.6. The molecule has 3 rings (SSSR count). The van der Waals surface area contributed by atoms with E-state index in [9.17, 15) is 9.90 Å². The minimum atomic E-state index is 0.275. The van der Waals surface area contributed by atoms with Gasteiger partial charge in [-0.1, -0.05) is 6.92 Å². The van der Waals surface area contributed by atoms with Gasteiger partial charge in [-0.2, -0.15) is 0 Å². The molecule has 5 heteroatoms. The second-order valence-electron chi connectivity index (χ2n) is 7.80. The molecule has 23 heavy (non-hydrogen) atoms. The molecule has 2 unspecified atom stereocenters. The molecular formula is C18H33N3O2. The summed E-state index contributed by atoms with van der Waals surface area (Å²) in [5.74, 6) is 1.09. The van der Waals surface area contributed by atoms with E-state index < -0.39 is 0 Å². The molecule has 0 saturated carbocycles. The van der Waals surface area contributed by atoms with Crippen LogP contribution in [0.3, 0.4) is 0 Å². The summed E-state index contributed by atoms with van der Waals surface area (Å²) in [5, 5.41) is 9.50. The molecule has 0 aromatic rings. The summed E-state index contributed by atoms with van der Waals surface area (Å²) in [6.45, 7) is 8.22. The van der Waals surface area contributed by atoms with Crippen molar-refractivity contribution in [3.63, 3.8) is 0 Å². The number of piperidine rings is 1. The number of carbonyl (C=O) groups excluding carboxylic acids is 1. The van der Waals surface area contributed by atoms with Crippen LogP contribution in [0.5, 0.6) is 0 Å². The van der Waals surface area contributed by atoms with Crippen LogP contribution in [0.2, 0.25) is 0 Å². The van der Waals surface area contributed by atoms with Crippen molar-refractivity contribution in [2.75, 3.05) is 45.9 Å². The summed E-state index contributed by atoms with van der Waals surface area (Å²) in [4.78, 5) is 19.5. The average Bonchev–Trinajstić information content (AvgIpc) is 3.18. The van der Waals surface area contributed by atoms with Crippen LogP contribution in [0.4, 0.5) is 0 Å². The smallest absolute Gasteiger partial charge is 0.236 e. The summed E-state index contributed by atoms with van der Waals surface area (Å²) in [6, 6.07) is 0.839. The Bertz CT molecular complexity index is 396. The van der Waals surface area contributed by atoms with Crippen LogP contribution in [0, 0.1) is 5.92 Å². The normalized spacial score (nSPS) is 31.1. The molecule has 0 aliphatic carbocycles. The highest BCUT2D eigenvalue weighted by atomic mass is 16.3. The van der Waals surface area contributed by atoms with Crippen LogP contribution in [0.1, 0.15) is 45.4 Å². The minimum absolute atomic E-state index is 0.275. The third kappa shape index (κ3) is 4.25. The molecule has 0 aromatic carbocycles. The van der Waals surface area contributed by atoms with Crippen molar-refractivity contribution in [3.05, 3.63) is 0 Å². The minimum Gasteiger partial charge on any atom is -0.395 e. The average molecular weight is 323 g/mol. The summed E-state index contributed by atoms with van der Waals surface area (Å²) in [6.07, 6.45) is 7.02. The number of likely N-dealkylation sites (tertiary alicyclic amines) is 3. The lowest BCUT2D eigenvalue weighted by atomic mass is 9.99. The van der Waals surface area contributed by atoms with Gasteiger partial charge < -0.3 is 10.0 Å². The second kappa shape index (κ2) is 7.95. The van der Waals surface area contributed by atoms with Crippen LogP contribution in [-0.4, -0.2) is 83.7 Å². The second-order valence-corrected chi connectivity index (χ2v) is 7.80. The Hall–Kier alpha value is -0.650. The molecule has 132 valence electrons. The third-order valence-corrected chi connectivity index (χ3v) is 6.13. The predicted molar refractivity (Wildman–Crippen MR) is 91.3 cm³/mol. The van der Waals surface area contributed by atoms with Gasteiger partial charge in [0.05, 0.1) is 13.2 Å². The number of aliphatic hydroxyl groups is 1. The molecule has 3 aliphatic heterocycles. The fourth-order valence-corrected chi connectivity index (χ4v) is 4.45. The Morgan fingerprint density at radius 1 is 0.957 bits per heavy atom. The molecule has 0 spiro atoms. The van der Waals surface area contributed by atoms with E-state index >= 15 is 0 Å². The first kappa shape index (κ1) is 17.2. The molecule has 0 radical (unpaired) electrons. The summed E-state index contributed by atoms with van der Waals surface area (Å²) in [5.41, 5.74) is 0. The van der Waals surface area contributed by atoms with Crippen molar-refractivity contribution in [1.29, 1.82) is 0 Å². The SMILES string of the molecule is CC1CCN(C(=O)CN2CCCC2CN2CCCC2CO)CC1. The first-order valence-corrected chi connectivity index (χ1v) is 9.54. The lowest BCUT2D eigenvalue weighted by Crippen LogP contribution is -2.48. The van der Waals surface area contributed by atoms with E-state index in [1.165, 1.54) is 19.3 Å². The number of amides is 1. The fraction of sp³-hybridized carbons (Fsp3) is 0.944. The molecule has 5 nitrogen and oxygen atoms in total. The van der Waals surface area contributed by atoms with E-state index in [4.69, 9.17) is 0 Å². The van der Waals surface area contributed by atoms with Crippen molar-refractivity contribution in [3.8, 4) is 0 Å². The highest BCUT2D eigenvalue weighted by molar-refractivity contribution is 5.78. The largest absolute Gasteiger partial charge is 0.395 e. The highest BCUT2D eigenvalue weighted by Gasteiger charge is 2.33. The van der Waals surface area contributed by atoms with E-state index in [1.807, 2.05) is 0 Å². The molecule has 1 amide bonds. The molecule has 2 atom stereocenters. The molecule has 3 saturated heterocycles. The topological polar surface area (TPSA) is 47.0 Å². The maximum Gasteiger partial charge on any atom is 0.236 e. The lowest BCUT2D eigenvalue weighted by Gasteiger charge is -2.34. The standard InChI is InChI=1S/C18H33N3O2/c1-15-6-10-19(11-7-15)18(23)13-21-9-2-4-16(21)12-20-8-3-5-17(20)14-22/h15-17,22H,2-14H2,1H3. The van der Waals surface area contributed by atoms with Crippen molar-refractivity contribution in [2.24, 2.45) is 5.92 Å². The van der Waals surface area contributed by atoms with Gasteiger partial charge >= 0.3 is 0 Å². The van der Waals surface area contributed by atoms with Crippen LogP contribution in [0.25, 0.3) is 0 Å². The number of aliphatic hydroxyl groups excluding tert-OH is 1. The van der Waals surface area contributed by atoms with Gasteiger partial charge in [-0.05, 0) is 57.5 Å². The van der Waals surface area contributed by atoms with Crippen LogP contribution >= 0.6 is 0 Å². The zero-order valence-corrected chi connectivity index (χ0v) is 14.6. The lowest BCUT2D eigenvalue weighted by molar-refractivity contribution is -0.134. The number of nitrogens with zero attached hydrogens (tertiary/aromatic N) is 3. The Morgan fingerprint density at radius 3 is 2.30 bits per heavy atom. The number of rotatable bonds is 5. The highest BCUT2D eigenvalue weighted by Crippen LogP contribution is 2.24. The molecular weight excluding hydrogens is 290 g/mol. The summed E-state index contributed by atoms with van der Waals surface area (Å²) in [7, 11) is 0. The molecule has 0 aromatic heterocycles. The van der Waals surface area contributed by atoms with Gasteiger partial charge in [0.2, 0.25) is 5.91 Å². The first-order valence-electron chi connectivity index (χ1n) is 9.54. The van der Waals surface area contributed by atoms with E-state index in [0.717, 1.165) is 57.9 Å².